The van der Waals surface area contributed by atoms with Crippen LogP contribution in [0.3, 0.4) is 0 Å². The number of hydrogen-bond donors (Lipinski definition) is 1. The first-order valence-electron chi connectivity index (χ1n) is 9.57. The highest BCUT2D eigenvalue weighted by atomic mass is 32.2. The number of hydrogen-bond acceptors (Lipinski definition) is 4. The van der Waals surface area contributed by atoms with Gasteiger partial charge in [-0.15, -0.1) is 0 Å². The van der Waals surface area contributed by atoms with Gasteiger partial charge in [-0.3, -0.25) is 4.79 Å². The van der Waals surface area contributed by atoms with Gasteiger partial charge >= 0.3 is 0 Å². The Kier molecular flexibility index (Phi) is 5.57. The summed E-state index contributed by atoms with van der Waals surface area (Å²) in [5, 5.41) is 2.85. The van der Waals surface area contributed by atoms with Crippen molar-refractivity contribution < 1.29 is 17.9 Å². The van der Waals surface area contributed by atoms with E-state index in [2.05, 4.69) is 5.32 Å². The van der Waals surface area contributed by atoms with E-state index in [-0.39, 0.29) is 17.3 Å². The molecule has 1 aliphatic rings. The summed E-state index contributed by atoms with van der Waals surface area (Å²) >= 11 is 0. The van der Waals surface area contributed by atoms with Gasteiger partial charge in [0.2, 0.25) is 15.9 Å². The molecule has 1 heterocycles. The second kappa shape index (κ2) is 8.30. The van der Waals surface area contributed by atoms with Crippen LogP contribution >= 0.6 is 0 Å². The molecule has 0 saturated carbocycles. The van der Waals surface area contributed by atoms with E-state index < -0.39 is 16.1 Å². The van der Waals surface area contributed by atoms with Crippen LogP contribution in [-0.4, -0.2) is 31.8 Å². The van der Waals surface area contributed by atoms with Gasteiger partial charge in [0.15, 0.2) is 0 Å². The van der Waals surface area contributed by atoms with E-state index in [1.807, 2.05) is 24.3 Å². The van der Waals surface area contributed by atoms with Crippen LogP contribution in [0.15, 0.2) is 83.8 Å². The largest absolute Gasteiger partial charge is 0.497 e. The number of anilines is 1. The zero-order valence-corrected chi connectivity index (χ0v) is 17.3. The van der Waals surface area contributed by atoms with Gasteiger partial charge in [-0.05, 0) is 53.9 Å². The van der Waals surface area contributed by atoms with Crippen molar-refractivity contribution >= 4 is 21.6 Å². The number of benzene rings is 3. The van der Waals surface area contributed by atoms with E-state index in [9.17, 15) is 13.2 Å². The van der Waals surface area contributed by atoms with Gasteiger partial charge in [0.05, 0.1) is 12.0 Å². The standard InChI is InChI=1S/C23H22N2O4S/c1-29-20-13-11-19(12-14-20)24-23(26)22-15-17-7-5-6-8-18(17)16-25(22)30(27,28)21-9-3-2-4-10-21/h2-14,22H,15-16H2,1H3,(H,24,26). The van der Waals surface area contributed by atoms with Crippen molar-refractivity contribution in [3.8, 4) is 5.75 Å². The fourth-order valence-corrected chi connectivity index (χ4v) is 5.19. The number of ether oxygens (including phenoxy) is 1. The molecular weight excluding hydrogens is 400 g/mol. The molecule has 30 heavy (non-hydrogen) atoms. The van der Waals surface area contributed by atoms with E-state index in [1.54, 1.807) is 61.7 Å². The molecule has 4 rings (SSSR count). The van der Waals surface area contributed by atoms with Crippen LogP contribution in [0.25, 0.3) is 0 Å². The molecule has 0 aromatic heterocycles. The Hall–Kier alpha value is -3.16. The minimum Gasteiger partial charge on any atom is -0.497 e. The van der Waals surface area contributed by atoms with Crippen LogP contribution in [0.5, 0.6) is 5.75 Å². The summed E-state index contributed by atoms with van der Waals surface area (Å²) < 4.78 is 33.2. The highest BCUT2D eigenvalue weighted by molar-refractivity contribution is 7.89. The normalized spacial score (nSPS) is 16.5. The summed E-state index contributed by atoms with van der Waals surface area (Å²) in [6, 6.07) is 21.9. The number of fused-ring (bicyclic) bond motifs is 1. The van der Waals surface area contributed by atoms with Gasteiger partial charge in [0.25, 0.3) is 0 Å². The summed E-state index contributed by atoms with van der Waals surface area (Å²) in [7, 11) is -2.28. The van der Waals surface area contributed by atoms with Crippen molar-refractivity contribution in [2.45, 2.75) is 23.9 Å². The third-order valence-electron chi connectivity index (χ3n) is 5.22. The van der Waals surface area contributed by atoms with Gasteiger partial charge < -0.3 is 10.1 Å². The second-order valence-corrected chi connectivity index (χ2v) is 8.96. The summed E-state index contributed by atoms with van der Waals surface area (Å²) in [6.07, 6.45) is 0.310. The molecule has 0 fully saturated rings. The van der Waals surface area contributed by atoms with Crippen LogP contribution in [0.2, 0.25) is 0 Å². The molecule has 6 nitrogen and oxygen atoms in total. The van der Waals surface area contributed by atoms with Gasteiger partial charge in [0, 0.05) is 12.2 Å². The summed E-state index contributed by atoms with van der Waals surface area (Å²) in [5.74, 6) is 0.307. The fourth-order valence-electron chi connectivity index (χ4n) is 3.60. The van der Waals surface area contributed by atoms with Crippen LogP contribution < -0.4 is 10.1 Å². The first kappa shape index (κ1) is 20.1. The molecule has 1 N–H and O–H groups in total. The van der Waals surface area contributed by atoms with Crippen LogP contribution in [-0.2, 0) is 27.8 Å². The smallest absolute Gasteiger partial charge is 0.244 e. The SMILES string of the molecule is COc1ccc(NC(=O)C2Cc3ccccc3CN2S(=O)(=O)c2ccccc2)cc1. The number of carbonyl (C=O) groups is 1. The summed E-state index contributed by atoms with van der Waals surface area (Å²) in [4.78, 5) is 13.3. The third-order valence-corrected chi connectivity index (χ3v) is 7.08. The Morgan fingerprint density at radius 1 is 0.933 bits per heavy atom. The molecule has 1 amide bonds. The van der Waals surface area contributed by atoms with Crippen molar-refractivity contribution in [2.24, 2.45) is 0 Å². The molecule has 154 valence electrons. The Morgan fingerprint density at radius 3 is 2.23 bits per heavy atom. The van der Waals surface area contributed by atoms with E-state index in [4.69, 9.17) is 4.74 Å². The minimum atomic E-state index is -3.85. The zero-order chi connectivity index (χ0) is 21.1. The quantitative estimate of drug-likeness (QED) is 0.683. The van der Waals surface area contributed by atoms with Crippen molar-refractivity contribution in [1.29, 1.82) is 0 Å². The highest BCUT2D eigenvalue weighted by Crippen LogP contribution is 2.30. The van der Waals surface area contributed by atoms with Crippen molar-refractivity contribution in [1.82, 2.24) is 4.31 Å². The van der Waals surface area contributed by atoms with Crippen molar-refractivity contribution in [2.75, 3.05) is 12.4 Å². The molecule has 0 spiro atoms. The third kappa shape index (κ3) is 3.94. The second-order valence-electron chi connectivity index (χ2n) is 7.07. The average Bonchev–Trinajstić information content (AvgIpc) is 2.79. The van der Waals surface area contributed by atoms with Gasteiger partial charge in [-0.25, -0.2) is 8.42 Å². The highest BCUT2D eigenvalue weighted by Gasteiger charge is 2.39. The number of methoxy groups -OCH3 is 1. The molecule has 3 aromatic carbocycles. The topological polar surface area (TPSA) is 75.7 Å². The molecule has 1 unspecified atom stereocenters. The summed E-state index contributed by atoms with van der Waals surface area (Å²) in [5.41, 5.74) is 2.47. The fraction of sp³-hybridized carbons (Fsp3) is 0.174. The van der Waals surface area contributed by atoms with E-state index in [0.717, 1.165) is 11.1 Å². The number of sulfonamides is 1. The van der Waals surface area contributed by atoms with Gasteiger partial charge in [-0.1, -0.05) is 42.5 Å². The van der Waals surface area contributed by atoms with Crippen molar-refractivity contribution in [3.05, 3.63) is 90.0 Å². The number of amides is 1. The van der Waals surface area contributed by atoms with Crippen LogP contribution in [0.1, 0.15) is 11.1 Å². The lowest BCUT2D eigenvalue weighted by molar-refractivity contribution is -0.120. The zero-order valence-electron chi connectivity index (χ0n) is 16.5. The molecule has 3 aromatic rings. The number of carbonyl (C=O) groups excluding carboxylic acids is 1. The maximum absolute atomic E-state index is 13.4. The Bertz CT molecular complexity index is 1150. The molecular formula is C23H22N2O4S. The van der Waals surface area contributed by atoms with Crippen LogP contribution in [0.4, 0.5) is 5.69 Å². The van der Waals surface area contributed by atoms with Crippen molar-refractivity contribution in [3.63, 3.8) is 0 Å². The lowest BCUT2D eigenvalue weighted by Crippen LogP contribution is -2.50. The monoisotopic (exact) mass is 422 g/mol. The first-order valence-corrected chi connectivity index (χ1v) is 11.0. The lowest BCUT2D eigenvalue weighted by atomic mass is 9.95. The molecule has 0 saturated heterocycles. The average molecular weight is 423 g/mol. The van der Waals surface area contributed by atoms with Gasteiger partial charge in [0.1, 0.15) is 11.8 Å². The van der Waals surface area contributed by atoms with E-state index in [1.165, 1.54) is 4.31 Å². The molecule has 1 aliphatic heterocycles. The van der Waals surface area contributed by atoms with E-state index >= 15 is 0 Å². The molecule has 7 heteroatoms. The summed E-state index contributed by atoms with van der Waals surface area (Å²) in [6.45, 7) is 0.147. The molecule has 0 aliphatic carbocycles. The number of rotatable bonds is 5. The number of nitrogens with one attached hydrogen (secondary N) is 1. The number of nitrogens with zero attached hydrogens (tertiary/aromatic N) is 1. The van der Waals surface area contributed by atoms with Crippen LogP contribution in [0, 0.1) is 0 Å². The Balaban J connectivity index is 1.68. The molecule has 0 bridgehead atoms. The van der Waals surface area contributed by atoms with E-state index in [0.29, 0.717) is 17.9 Å². The minimum absolute atomic E-state index is 0.147. The maximum Gasteiger partial charge on any atom is 0.244 e. The maximum atomic E-state index is 13.4. The Labute approximate surface area is 176 Å². The Morgan fingerprint density at radius 2 is 1.57 bits per heavy atom. The van der Waals surface area contributed by atoms with Gasteiger partial charge in [-0.2, -0.15) is 4.31 Å². The predicted molar refractivity (Wildman–Crippen MR) is 115 cm³/mol. The molecule has 0 radical (unpaired) electrons. The molecule has 1 atom stereocenters. The first-order chi connectivity index (χ1) is 14.5. The lowest BCUT2D eigenvalue weighted by Gasteiger charge is -2.35. The predicted octanol–water partition coefficient (Wildman–Crippen LogP) is 3.45.